The van der Waals surface area contributed by atoms with E-state index in [0.717, 1.165) is 43.3 Å². The van der Waals surface area contributed by atoms with Gasteiger partial charge in [0.1, 0.15) is 18.0 Å². The number of piperidine rings is 1. The second-order valence-corrected chi connectivity index (χ2v) is 7.06. The molecule has 4 heterocycles. The topological polar surface area (TPSA) is 84.7 Å². The Hall–Kier alpha value is -2.87. The molecule has 0 spiro atoms. The summed E-state index contributed by atoms with van der Waals surface area (Å²) in [5.74, 6) is 2.10. The molecule has 0 unspecified atom stereocenters. The first-order chi connectivity index (χ1) is 13.2. The molecule has 27 heavy (non-hydrogen) atoms. The molecule has 1 N–H and O–H groups in total. The highest BCUT2D eigenvalue weighted by atomic mass is 15.1. The second-order valence-electron chi connectivity index (χ2n) is 7.06. The molecule has 0 aliphatic carbocycles. The first-order valence-electron chi connectivity index (χ1n) is 9.28. The molecule has 4 rings (SSSR count). The van der Waals surface area contributed by atoms with Crippen molar-refractivity contribution in [3.63, 3.8) is 0 Å². The number of hydrogen-bond donors (Lipinski definition) is 1. The molecule has 0 atom stereocenters. The van der Waals surface area contributed by atoms with Crippen LogP contribution in [0.3, 0.4) is 0 Å². The molecule has 0 bridgehead atoms. The van der Waals surface area contributed by atoms with E-state index in [4.69, 9.17) is 0 Å². The summed E-state index contributed by atoms with van der Waals surface area (Å²) in [4.78, 5) is 23.9. The number of nitrogens with one attached hydrogen (secondary N) is 1. The highest BCUT2D eigenvalue weighted by Gasteiger charge is 2.20. The number of anilines is 2. The van der Waals surface area contributed by atoms with E-state index in [9.17, 15) is 0 Å². The summed E-state index contributed by atoms with van der Waals surface area (Å²) >= 11 is 0. The summed E-state index contributed by atoms with van der Waals surface area (Å²) in [6, 6.07) is 2.01. The van der Waals surface area contributed by atoms with Gasteiger partial charge in [-0.05, 0) is 38.3 Å². The molecule has 1 saturated heterocycles. The minimum atomic E-state index is 0.657. The van der Waals surface area contributed by atoms with Crippen molar-refractivity contribution in [1.29, 1.82) is 0 Å². The van der Waals surface area contributed by atoms with Crippen LogP contribution in [0.2, 0.25) is 0 Å². The zero-order valence-electron chi connectivity index (χ0n) is 15.5. The highest BCUT2D eigenvalue weighted by Crippen LogP contribution is 2.23. The average Bonchev–Trinajstić information content (AvgIpc) is 3.09. The number of aromatic nitrogens is 6. The van der Waals surface area contributed by atoms with Crippen molar-refractivity contribution in [3.8, 4) is 0 Å². The van der Waals surface area contributed by atoms with E-state index in [1.807, 2.05) is 24.0 Å². The van der Waals surface area contributed by atoms with Crippen LogP contribution in [-0.4, -0.2) is 47.5 Å². The lowest BCUT2D eigenvalue weighted by Crippen LogP contribution is -2.34. The van der Waals surface area contributed by atoms with Gasteiger partial charge in [-0.1, -0.05) is 0 Å². The molecule has 0 aromatic carbocycles. The van der Waals surface area contributed by atoms with Crippen LogP contribution in [0, 0.1) is 5.92 Å². The van der Waals surface area contributed by atoms with Gasteiger partial charge in [0.15, 0.2) is 0 Å². The largest absolute Gasteiger partial charge is 0.340 e. The smallest absolute Gasteiger partial charge is 0.150 e. The maximum Gasteiger partial charge on any atom is 0.150 e. The number of rotatable bonds is 6. The fourth-order valence-corrected chi connectivity index (χ4v) is 3.49. The molecule has 0 amide bonds. The maximum absolute atomic E-state index is 4.45. The van der Waals surface area contributed by atoms with E-state index in [1.165, 1.54) is 12.8 Å². The van der Waals surface area contributed by atoms with Crippen molar-refractivity contribution in [1.82, 2.24) is 34.4 Å². The van der Waals surface area contributed by atoms with Gasteiger partial charge in [-0.25, -0.2) is 19.9 Å². The Bertz CT molecular complexity index is 855. The lowest BCUT2D eigenvalue weighted by atomic mass is 9.92. The van der Waals surface area contributed by atoms with Crippen LogP contribution in [0.5, 0.6) is 0 Å². The predicted octanol–water partition coefficient (Wildman–Crippen LogP) is 2.20. The van der Waals surface area contributed by atoms with Gasteiger partial charge >= 0.3 is 0 Å². The van der Waals surface area contributed by atoms with Crippen molar-refractivity contribution in [2.45, 2.75) is 25.8 Å². The number of hydrogen-bond acceptors (Lipinski definition) is 7. The van der Waals surface area contributed by atoms with Gasteiger partial charge in [-0.2, -0.15) is 0 Å². The Kier molecular flexibility index (Phi) is 5.34. The third-order valence-electron chi connectivity index (χ3n) is 4.89. The zero-order valence-corrected chi connectivity index (χ0v) is 15.5. The summed E-state index contributed by atoms with van der Waals surface area (Å²) in [5, 5.41) is 3.18. The summed E-state index contributed by atoms with van der Waals surface area (Å²) in [7, 11) is 2.01. The van der Waals surface area contributed by atoms with Crippen molar-refractivity contribution in [2.24, 2.45) is 13.0 Å². The number of nitrogens with zero attached hydrogens (tertiary/aromatic N) is 7. The third kappa shape index (κ3) is 4.85. The monoisotopic (exact) mass is 364 g/mol. The van der Waals surface area contributed by atoms with Crippen LogP contribution in [0.4, 0.5) is 11.6 Å². The predicted molar refractivity (Wildman–Crippen MR) is 102 cm³/mol. The molecule has 0 radical (unpaired) electrons. The number of imidazole rings is 1. The van der Waals surface area contributed by atoms with Gasteiger partial charge in [0.05, 0.1) is 18.2 Å². The summed E-state index contributed by atoms with van der Waals surface area (Å²) < 4.78 is 2.00. The van der Waals surface area contributed by atoms with Crippen LogP contribution in [0.15, 0.2) is 43.5 Å². The summed E-state index contributed by atoms with van der Waals surface area (Å²) in [6.45, 7) is 3.15. The van der Waals surface area contributed by atoms with Gasteiger partial charge in [-0.15, -0.1) is 0 Å². The quantitative estimate of drug-likeness (QED) is 0.718. The Morgan fingerprint density at radius 2 is 1.93 bits per heavy atom. The van der Waals surface area contributed by atoms with Crippen molar-refractivity contribution < 1.29 is 0 Å². The lowest BCUT2D eigenvalue weighted by Gasteiger charge is -2.31. The Labute approximate surface area is 158 Å². The molecule has 3 aromatic heterocycles. The van der Waals surface area contributed by atoms with E-state index in [2.05, 4.69) is 41.3 Å². The molecule has 1 aliphatic heterocycles. The molecule has 0 saturated carbocycles. The normalized spacial score (nSPS) is 15.7. The summed E-state index contributed by atoms with van der Waals surface area (Å²) in [6.07, 6.45) is 13.9. The highest BCUT2D eigenvalue weighted by molar-refractivity contribution is 5.49. The standard InChI is InChI=1S/C19H24N8/c1-26-11-17(24-14-26)12-27-6-2-15(3-7-27)8-16-9-18(23-13-22-16)25-19-10-20-4-5-21-19/h4-5,9-11,13-15H,2-3,6-8,12H2,1H3,(H,21,22,23,25). The minimum Gasteiger partial charge on any atom is -0.340 e. The van der Waals surface area contributed by atoms with Crippen LogP contribution in [-0.2, 0) is 20.0 Å². The van der Waals surface area contributed by atoms with Crippen LogP contribution in [0.25, 0.3) is 0 Å². The molecule has 140 valence electrons. The number of aryl methyl sites for hydroxylation is 1. The van der Waals surface area contributed by atoms with E-state index < -0.39 is 0 Å². The van der Waals surface area contributed by atoms with Crippen molar-refractivity contribution in [3.05, 3.63) is 54.9 Å². The van der Waals surface area contributed by atoms with Crippen LogP contribution in [0.1, 0.15) is 24.2 Å². The fourth-order valence-electron chi connectivity index (χ4n) is 3.49. The fraction of sp³-hybridized carbons (Fsp3) is 0.421. The van der Waals surface area contributed by atoms with Crippen molar-refractivity contribution >= 4 is 11.6 Å². The molecule has 3 aromatic rings. The lowest BCUT2D eigenvalue weighted by molar-refractivity contribution is 0.175. The average molecular weight is 364 g/mol. The van der Waals surface area contributed by atoms with E-state index in [0.29, 0.717) is 11.7 Å². The third-order valence-corrected chi connectivity index (χ3v) is 4.89. The summed E-state index contributed by atoms with van der Waals surface area (Å²) in [5.41, 5.74) is 2.21. The van der Waals surface area contributed by atoms with Crippen LogP contribution >= 0.6 is 0 Å². The van der Waals surface area contributed by atoms with Crippen LogP contribution < -0.4 is 5.32 Å². The SMILES string of the molecule is Cn1cnc(CN2CCC(Cc3cc(Nc4cnccn4)ncn3)CC2)c1. The number of likely N-dealkylation sites (tertiary alicyclic amines) is 1. The minimum absolute atomic E-state index is 0.657. The Morgan fingerprint density at radius 1 is 1.04 bits per heavy atom. The van der Waals surface area contributed by atoms with Gasteiger partial charge in [0.2, 0.25) is 0 Å². The molecular formula is C19H24N8. The van der Waals surface area contributed by atoms with Gasteiger partial charge in [-0.3, -0.25) is 9.88 Å². The maximum atomic E-state index is 4.45. The molecule has 1 aliphatic rings. The first kappa shape index (κ1) is 17.5. The zero-order chi connectivity index (χ0) is 18.5. The van der Waals surface area contributed by atoms with E-state index in [-0.39, 0.29) is 0 Å². The van der Waals surface area contributed by atoms with E-state index in [1.54, 1.807) is 24.9 Å². The molecule has 8 heteroatoms. The first-order valence-corrected chi connectivity index (χ1v) is 9.28. The second kappa shape index (κ2) is 8.22. The van der Waals surface area contributed by atoms with Crippen molar-refractivity contribution in [2.75, 3.05) is 18.4 Å². The van der Waals surface area contributed by atoms with Gasteiger partial charge in [0.25, 0.3) is 0 Å². The van der Waals surface area contributed by atoms with Gasteiger partial charge < -0.3 is 9.88 Å². The van der Waals surface area contributed by atoms with E-state index >= 15 is 0 Å². The molecule has 8 nitrogen and oxygen atoms in total. The Balaban J connectivity index is 1.29. The Morgan fingerprint density at radius 3 is 2.67 bits per heavy atom. The molecule has 1 fully saturated rings. The molecular weight excluding hydrogens is 340 g/mol. The van der Waals surface area contributed by atoms with Gasteiger partial charge in [0, 0.05) is 43.9 Å².